The second-order valence-electron chi connectivity index (χ2n) is 4.00. The maximum Gasteiger partial charge on any atom is 0.243 e. The lowest BCUT2D eigenvalue weighted by Crippen LogP contribution is -2.13. The topological polar surface area (TPSA) is 61.0 Å². The quantitative estimate of drug-likeness (QED) is 0.607. The second-order valence-corrected chi connectivity index (χ2v) is 4.44. The molecule has 88 valence electrons. The van der Waals surface area contributed by atoms with Crippen LogP contribution in [0, 0.1) is 5.92 Å². The Morgan fingerprint density at radius 1 is 1.56 bits per heavy atom. The summed E-state index contributed by atoms with van der Waals surface area (Å²) in [6, 6.07) is 1.72. The van der Waals surface area contributed by atoms with Crippen molar-refractivity contribution in [3.05, 3.63) is 17.8 Å². The third-order valence-corrected chi connectivity index (χ3v) is 2.34. The smallest absolute Gasteiger partial charge is 0.243 e. The van der Waals surface area contributed by atoms with Crippen LogP contribution in [0.1, 0.15) is 32.3 Å². The van der Waals surface area contributed by atoms with Gasteiger partial charge in [-0.3, -0.25) is 0 Å². The molecule has 0 aromatic carbocycles. The van der Waals surface area contributed by atoms with Gasteiger partial charge in [0.15, 0.2) is 0 Å². The molecule has 0 amide bonds. The Labute approximate surface area is 101 Å². The van der Waals surface area contributed by atoms with Crippen molar-refractivity contribution in [1.29, 1.82) is 0 Å². The lowest BCUT2D eigenvalue weighted by molar-refractivity contribution is 0.283. The van der Waals surface area contributed by atoms with Gasteiger partial charge in [-0.25, -0.2) is 0 Å². The number of hydrogen-bond donors (Lipinski definition) is 1. The van der Waals surface area contributed by atoms with E-state index in [9.17, 15) is 0 Å². The van der Waals surface area contributed by atoms with Crippen molar-refractivity contribution in [3.63, 3.8) is 0 Å². The summed E-state index contributed by atoms with van der Waals surface area (Å²) in [5.41, 5.74) is 6.20. The standard InChI is InChI=1S/C11H17N3OS/c1-8(2)4-3-7-15-11-9(10(12)16)5-6-13-14-11/h5-6,8H,3-4,7H2,1-2H3,(H2,12,16). The van der Waals surface area contributed by atoms with E-state index in [2.05, 4.69) is 24.0 Å². The van der Waals surface area contributed by atoms with Crippen molar-refractivity contribution in [2.75, 3.05) is 6.61 Å². The summed E-state index contributed by atoms with van der Waals surface area (Å²) in [7, 11) is 0. The first-order chi connectivity index (χ1) is 7.61. The third kappa shape index (κ3) is 4.10. The zero-order valence-electron chi connectivity index (χ0n) is 9.64. The Balaban J connectivity index is 2.50. The van der Waals surface area contributed by atoms with Crippen LogP contribution in [0.4, 0.5) is 0 Å². The fraction of sp³-hybridized carbons (Fsp3) is 0.545. The van der Waals surface area contributed by atoms with Gasteiger partial charge in [-0.1, -0.05) is 26.1 Å². The minimum Gasteiger partial charge on any atom is -0.476 e. The lowest BCUT2D eigenvalue weighted by atomic mass is 10.1. The van der Waals surface area contributed by atoms with Crippen molar-refractivity contribution in [2.24, 2.45) is 11.7 Å². The first-order valence-corrected chi connectivity index (χ1v) is 5.76. The van der Waals surface area contributed by atoms with E-state index < -0.39 is 0 Å². The average molecular weight is 239 g/mol. The molecule has 1 aromatic rings. The Morgan fingerprint density at radius 3 is 2.94 bits per heavy atom. The summed E-state index contributed by atoms with van der Waals surface area (Å²) < 4.78 is 5.51. The molecular formula is C11H17N3OS. The maximum atomic E-state index is 5.55. The molecule has 0 saturated heterocycles. The third-order valence-electron chi connectivity index (χ3n) is 2.12. The first-order valence-electron chi connectivity index (χ1n) is 5.35. The van der Waals surface area contributed by atoms with Gasteiger partial charge >= 0.3 is 0 Å². The average Bonchev–Trinajstić information content (AvgIpc) is 2.24. The molecule has 0 aliphatic heterocycles. The molecule has 0 aliphatic carbocycles. The van der Waals surface area contributed by atoms with Crippen LogP contribution < -0.4 is 10.5 Å². The number of nitrogens with zero attached hydrogens (tertiary/aromatic N) is 2. The van der Waals surface area contributed by atoms with Gasteiger partial charge in [0.05, 0.1) is 18.4 Å². The van der Waals surface area contributed by atoms with Crippen LogP contribution in [0.5, 0.6) is 5.88 Å². The minimum absolute atomic E-state index is 0.286. The normalized spacial score (nSPS) is 10.4. The van der Waals surface area contributed by atoms with Crippen LogP contribution >= 0.6 is 12.2 Å². The molecule has 1 aromatic heterocycles. The van der Waals surface area contributed by atoms with Crippen molar-refractivity contribution in [3.8, 4) is 5.88 Å². The Bertz CT molecular complexity index is 355. The molecule has 5 heteroatoms. The van der Waals surface area contributed by atoms with Crippen LogP contribution in [0.25, 0.3) is 0 Å². The molecule has 0 radical (unpaired) electrons. The molecule has 4 nitrogen and oxygen atoms in total. The van der Waals surface area contributed by atoms with E-state index in [-0.39, 0.29) is 4.99 Å². The van der Waals surface area contributed by atoms with Crippen LogP contribution in [-0.4, -0.2) is 21.8 Å². The number of thiocarbonyl (C=S) groups is 1. The molecule has 0 bridgehead atoms. The van der Waals surface area contributed by atoms with Gasteiger partial charge in [-0.15, -0.1) is 5.10 Å². The molecule has 0 saturated carbocycles. The van der Waals surface area contributed by atoms with Crippen LogP contribution in [0.3, 0.4) is 0 Å². The monoisotopic (exact) mass is 239 g/mol. The SMILES string of the molecule is CC(C)CCCOc1nnccc1C(N)=S. The van der Waals surface area contributed by atoms with E-state index in [0.29, 0.717) is 24.0 Å². The fourth-order valence-corrected chi connectivity index (χ4v) is 1.43. The van der Waals surface area contributed by atoms with Crippen LogP contribution in [0.2, 0.25) is 0 Å². The molecule has 2 N–H and O–H groups in total. The molecule has 16 heavy (non-hydrogen) atoms. The zero-order valence-corrected chi connectivity index (χ0v) is 10.5. The molecule has 0 aliphatic rings. The van der Waals surface area contributed by atoms with E-state index >= 15 is 0 Å². The fourth-order valence-electron chi connectivity index (χ4n) is 1.27. The number of nitrogens with two attached hydrogens (primary N) is 1. The van der Waals surface area contributed by atoms with Crippen molar-refractivity contribution >= 4 is 17.2 Å². The summed E-state index contributed by atoms with van der Waals surface area (Å²) >= 11 is 4.90. The highest BCUT2D eigenvalue weighted by Gasteiger charge is 2.07. The molecule has 0 spiro atoms. The summed E-state index contributed by atoms with van der Waals surface area (Å²) in [6.45, 7) is 4.98. The number of ether oxygens (including phenoxy) is 1. The zero-order chi connectivity index (χ0) is 12.0. The predicted octanol–water partition coefficient (Wildman–Crippen LogP) is 1.93. The second kappa shape index (κ2) is 6.37. The Hall–Kier alpha value is -1.23. The highest BCUT2D eigenvalue weighted by atomic mass is 32.1. The van der Waals surface area contributed by atoms with E-state index in [4.69, 9.17) is 22.7 Å². The summed E-state index contributed by atoms with van der Waals surface area (Å²) in [5, 5.41) is 7.63. The van der Waals surface area contributed by atoms with Gasteiger partial charge in [0, 0.05) is 0 Å². The Kier molecular flexibility index (Phi) is 5.11. The summed E-state index contributed by atoms with van der Waals surface area (Å²) in [4.78, 5) is 0.286. The largest absolute Gasteiger partial charge is 0.476 e. The maximum absolute atomic E-state index is 5.55. The van der Waals surface area contributed by atoms with Crippen molar-refractivity contribution in [1.82, 2.24) is 10.2 Å². The van der Waals surface area contributed by atoms with Crippen LogP contribution in [0.15, 0.2) is 12.3 Å². The lowest BCUT2D eigenvalue weighted by Gasteiger charge is -2.09. The van der Waals surface area contributed by atoms with E-state index in [1.165, 1.54) is 0 Å². The molecule has 0 unspecified atom stereocenters. The first kappa shape index (κ1) is 12.8. The molecule has 0 fully saturated rings. The molecule has 1 rings (SSSR count). The highest BCUT2D eigenvalue weighted by molar-refractivity contribution is 7.80. The van der Waals surface area contributed by atoms with Crippen molar-refractivity contribution in [2.45, 2.75) is 26.7 Å². The summed E-state index contributed by atoms with van der Waals surface area (Å²) in [6.07, 6.45) is 3.67. The minimum atomic E-state index is 0.286. The number of aromatic nitrogens is 2. The molecule has 1 heterocycles. The van der Waals surface area contributed by atoms with Crippen LogP contribution in [-0.2, 0) is 0 Å². The van der Waals surface area contributed by atoms with E-state index in [0.717, 1.165) is 12.8 Å². The summed E-state index contributed by atoms with van der Waals surface area (Å²) in [5.74, 6) is 1.11. The van der Waals surface area contributed by atoms with E-state index in [1.807, 2.05) is 0 Å². The van der Waals surface area contributed by atoms with Gasteiger partial charge in [0.1, 0.15) is 4.99 Å². The van der Waals surface area contributed by atoms with Gasteiger partial charge < -0.3 is 10.5 Å². The number of rotatable bonds is 6. The van der Waals surface area contributed by atoms with E-state index in [1.54, 1.807) is 12.3 Å². The van der Waals surface area contributed by atoms with Gasteiger partial charge in [-0.05, 0) is 24.8 Å². The van der Waals surface area contributed by atoms with Gasteiger partial charge in [0.2, 0.25) is 5.88 Å². The van der Waals surface area contributed by atoms with Crippen molar-refractivity contribution < 1.29 is 4.74 Å². The molecule has 0 atom stereocenters. The van der Waals surface area contributed by atoms with Gasteiger partial charge in [-0.2, -0.15) is 5.10 Å². The van der Waals surface area contributed by atoms with Gasteiger partial charge in [0.25, 0.3) is 0 Å². The highest BCUT2D eigenvalue weighted by Crippen LogP contribution is 2.13. The molecular weight excluding hydrogens is 222 g/mol. The predicted molar refractivity (Wildman–Crippen MR) is 67.5 cm³/mol. The Morgan fingerprint density at radius 2 is 2.31 bits per heavy atom. The number of hydrogen-bond acceptors (Lipinski definition) is 4.